The Morgan fingerprint density at radius 1 is 1.03 bits per heavy atom. The summed E-state index contributed by atoms with van der Waals surface area (Å²) in [5.41, 5.74) is 0.625. The van der Waals surface area contributed by atoms with Gasteiger partial charge in [0, 0.05) is 17.6 Å². The monoisotopic (exact) mass is 428 g/mol. The maximum Gasteiger partial charge on any atom is 0.246 e. The Balaban J connectivity index is 1.42. The average molecular weight is 429 g/mol. The third-order valence-electron chi connectivity index (χ3n) is 6.20. The predicted octanol–water partition coefficient (Wildman–Crippen LogP) is 2.70. The summed E-state index contributed by atoms with van der Waals surface area (Å²) in [7, 11) is 0. The van der Waals surface area contributed by atoms with Crippen LogP contribution in [0.2, 0.25) is 0 Å². The lowest BCUT2D eigenvalue weighted by Gasteiger charge is -2.34. The first-order chi connectivity index (χ1) is 15.1. The number of rotatable bonds is 7. The zero-order valence-corrected chi connectivity index (χ0v) is 17.7. The summed E-state index contributed by atoms with van der Waals surface area (Å²) in [5.74, 6) is -0.290. The van der Waals surface area contributed by atoms with Crippen LogP contribution < -0.4 is 5.32 Å². The predicted molar refractivity (Wildman–Crippen MR) is 112 cm³/mol. The van der Waals surface area contributed by atoms with Crippen LogP contribution in [0.1, 0.15) is 57.8 Å². The van der Waals surface area contributed by atoms with E-state index in [1.54, 1.807) is 17.0 Å². The molecule has 2 aromatic rings. The Labute approximate surface area is 181 Å². The molecule has 0 bridgehead atoms. The van der Waals surface area contributed by atoms with Crippen molar-refractivity contribution in [3.63, 3.8) is 0 Å². The van der Waals surface area contributed by atoms with Gasteiger partial charge in [0.2, 0.25) is 17.6 Å². The van der Waals surface area contributed by atoms with E-state index < -0.39 is 0 Å². The Morgan fingerprint density at radius 3 is 2.42 bits per heavy atom. The van der Waals surface area contributed by atoms with Crippen molar-refractivity contribution in [2.24, 2.45) is 0 Å². The lowest BCUT2D eigenvalue weighted by atomic mass is 9.94. The summed E-state index contributed by atoms with van der Waals surface area (Å²) < 4.78 is 13.1. The Morgan fingerprint density at radius 2 is 1.71 bits per heavy atom. The quantitative estimate of drug-likeness (QED) is 0.732. The number of aromatic nitrogens is 4. The second-order valence-corrected chi connectivity index (χ2v) is 8.51. The van der Waals surface area contributed by atoms with E-state index in [1.165, 1.54) is 23.4 Å². The van der Waals surface area contributed by atoms with Crippen LogP contribution in [0.3, 0.4) is 0 Å². The molecule has 166 valence electrons. The number of tetrazole rings is 1. The fourth-order valence-electron chi connectivity index (χ4n) is 4.55. The van der Waals surface area contributed by atoms with Gasteiger partial charge in [-0.2, -0.15) is 4.80 Å². The highest BCUT2D eigenvalue weighted by Crippen LogP contribution is 2.23. The highest BCUT2D eigenvalue weighted by Gasteiger charge is 2.29. The minimum Gasteiger partial charge on any atom is -0.352 e. The summed E-state index contributed by atoms with van der Waals surface area (Å²) in [6.45, 7) is -0.0130. The molecule has 9 heteroatoms. The summed E-state index contributed by atoms with van der Waals surface area (Å²) in [6.07, 6.45) is 9.43. The van der Waals surface area contributed by atoms with Crippen LogP contribution >= 0.6 is 0 Å². The van der Waals surface area contributed by atoms with Gasteiger partial charge in [0.05, 0.1) is 6.54 Å². The van der Waals surface area contributed by atoms with Gasteiger partial charge in [-0.25, -0.2) is 4.39 Å². The van der Waals surface area contributed by atoms with E-state index in [0.29, 0.717) is 11.4 Å². The van der Waals surface area contributed by atoms with Crippen LogP contribution in [0.4, 0.5) is 4.39 Å². The first kappa shape index (κ1) is 21.4. The van der Waals surface area contributed by atoms with Crippen molar-refractivity contribution in [2.45, 2.75) is 76.4 Å². The average Bonchev–Trinajstić information content (AvgIpc) is 3.45. The number of carbonyl (C=O) groups excluding carboxylic acids is 2. The molecule has 31 heavy (non-hydrogen) atoms. The maximum atomic E-state index is 13.1. The third kappa shape index (κ3) is 5.65. The third-order valence-corrected chi connectivity index (χ3v) is 6.20. The van der Waals surface area contributed by atoms with Gasteiger partial charge in [-0.15, -0.1) is 10.2 Å². The maximum absolute atomic E-state index is 13.1. The molecule has 0 atom stereocenters. The first-order valence-corrected chi connectivity index (χ1v) is 11.2. The Kier molecular flexibility index (Phi) is 6.89. The Hall–Kier alpha value is -2.84. The van der Waals surface area contributed by atoms with Crippen LogP contribution in [0.25, 0.3) is 11.4 Å². The molecule has 2 aliphatic carbocycles. The zero-order valence-electron chi connectivity index (χ0n) is 17.7. The molecule has 2 amide bonds. The molecule has 1 aromatic heterocycles. The number of nitrogens with zero attached hydrogens (tertiary/aromatic N) is 5. The van der Waals surface area contributed by atoms with E-state index in [2.05, 4.69) is 20.7 Å². The molecule has 1 heterocycles. The molecule has 2 aliphatic rings. The molecular weight excluding hydrogens is 399 g/mol. The van der Waals surface area contributed by atoms with Crippen LogP contribution in [0.15, 0.2) is 24.3 Å². The van der Waals surface area contributed by atoms with Crippen molar-refractivity contribution >= 4 is 11.8 Å². The smallest absolute Gasteiger partial charge is 0.246 e. The molecule has 0 radical (unpaired) electrons. The van der Waals surface area contributed by atoms with Crippen LogP contribution in [-0.4, -0.2) is 55.5 Å². The van der Waals surface area contributed by atoms with Gasteiger partial charge in [0.15, 0.2) is 0 Å². The van der Waals surface area contributed by atoms with Crippen molar-refractivity contribution in [1.29, 1.82) is 0 Å². The van der Waals surface area contributed by atoms with Crippen LogP contribution in [0.5, 0.6) is 0 Å². The highest BCUT2D eigenvalue weighted by atomic mass is 19.1. The van der Waals surface area contributed by atoms with Gasteiger partial charge >= 0.3 is 0 Å². The molecular formula is C22H29FN6O2. The van der Waals surface area contributed by atoms with E-state index >= 15 is 0 Å². The second-order valence-electron chi connectivity index (χ2n) is 8.51. The van der Waals surface area contributed by atoms with Gasteiger partial charge in [-0.1, -0.05) is 32.1 Å². The van der Waals surface area contributed by atoms with E-state index in [4.69, 9.17) is 0 Å². The van der Waals surface area contributed by atoms with Gasteiger partial charge in [0.1, 0.15) is 12.4 Å². The van der Waals surface area contributed by atoms with Crippen LogP contribution in [-0.2, 0) is 16.1 Å². The number of hydrogen-bond acceptors (Lipinski definition) is 5. The number of hydrogen-bond donors (Lipinski definition) is 1. The molecule has 4 rings (SSSR count). The summed E-state index contributed by atoms with van der Waals surface area (Å²) in [6, 6.07) is 6.09. The van der Waals surface area contributed by atoms with Gasteiger partial charge in [0.25, 0.3) is 0 Å². The van der Waals surface area contributed by atoms with E-state index in [9.17, 15) is 14.0 Å². The number of benzene rings is 1. The van der Waals surface area contributed by atoms with Crippen molar-refractivity contribution in [3.8, 4) is 11.4 Å². The fraction of sp³-hybridized carbons (Fsp3) is 0.591. The zero-order chi connectivity index (χ0) is 21.6. The van der Waals surface area contributed by atoms with Gasteiger partial charge in [-0.05, 0) is 55.2 Å². The molecule has 8 nitrogen and oxygen atoms in total. The normalized spacial score (nSPS) is 17.6. The molecule has 0 saturated heterocycles. The largest absolute Gasteiger partial charge is 0.352 e. The van der Waals surface area contributed by atoms with Crippen molar-refractivity contribution < 1.29 is 14.0 Å². The second kappa shape index (κ2) is 9.98. The standard InChI is InChI=1S/C22H29FN6O2/c23-17-12-10-16(11-13-17)22-25-27-29(26-22)15-21(31)28(19-8-2-1-3-9-19)14-20(30)24-18-6-4-5-7-18/h10-13,18-19H,1-9,14-15H2,(H,24,30). The van der Waals surface area contributed by atoms with E-state index in [1.807, 2.05) is 0 Å². The van der Waals surface area contributed by atoms with Crippen LogP contribution in [0, 0.1) is 5.82 Å². The number of carbonyl (C=O) groups is 2. The first-order valence-electron chi connectivity index (χ1n) is 11.2. The van der Waals surface area contributed by atoms with E-state index in [0.717, 1.165) is 51.4 Å². The topological polar surface area (TPSA) is 93.0 Å². The lowest BCUT2D eigenvalue weighted by Crippen LogP contribution is -2.49. The van der Waals surface area contributed by atoms with Crippen molar-refractivity contribution in [3.05, 3.63) is 30.1 Å². The molecule has 0 spiro atoms. The lowest BCUT2D eigenvalue weighted by molar-refractivity contribution is -0.140. The molecule has 2 saturated carbocycles. The molecule has 0 unspecified atom stereocenters. The summed E-state index contributed by atoms with van der Waals surface area (Å²) in [5, 5.41) is 15.3. The van der Waals surface area contributed by atoms with E-state index in [-0.39, 0.29) is 42.8 Å². The van der Waals surface area contributed by atoms with Gasteiger partial charge < -0.3 is 10.2 Å². The fourth-order valence-corrected chi connectivity index (χ4v) is 4.55. The molecule has 2 fully saturated rings. The Bertz CT molecular complexity index is 888. The van der Waals surface area contributed by atoms with Crippen molar-refractivity contribution in [1.82, 2.24) is 30.4 Å². The highest BCUT2D eigenvalue weighted by molar-refractivity contribution is 5.85. The summed E-state index contributed by atoms with van der Waals surface area (Å²) in [4.78, 5) is 28.7. The van der Waals surface area contributed by atoms with Crippen molar-refractivity contribution in [2.75, 3.05) is 6.54 Å². The number of halogens is 1. The number of amides is 2. The molecule has 1 N–H and O–H groups in total. The molecule has 1 aromatic carbocycles. The minimum atomic E-state index is -0.342. The minimum absolute atomic E-state index is 0.0654. The molecule has 0 aliphatic heterocycles. The summed E-state index contributed by atoms with van der Waals surface area (Å²) >= 11 is 0. The number of nitrogens with one attached hydrogen (secondary N) is 1. The SMILES string of the molecule is O=C(CN(C(=O)Cn1nnc(-c2ccc(F)cc2)n1)C1CCCCC1)NC1CCCC1. The van der Waals surface area contributed by atoms with Gasteiger partial charge in [-0.3, -0.25) is 9.59 Å².